The van der Waals surface area contributed by atoms with Crippen molar-refractivity contribution < 1.29 is 17.9 Å². The van der Waals surface area contributed by atoms with E-state index in [1.165, 1.54) is 11.3 Å². The second kappa shape index (κ2) is 7.59. The van der Waals surface area contributed by atoms with Gasteiger partial charge in [-0.05, 0) is 47.3 Å². The molecule has 24 heavy (non-hydrogen) atoms. The van der Waals surface area contributed by atoms with Crippen LogP contribution in [0.5, 0.6) is 0 Å². The molecule has 1 aromatic heterocycles. The quantitative estimate of drug-likeness (QED) is 0.453. The van der Waals surface area contributed by atoms with Crippen LogP contribution in [0.1, 0.15) is 37.0 Å². The molecule has 1 fully saturated rings. The molecule has 8 heteroatoms. The number of sulfone groups is 1. The highest BCUT2D eigenvalue weighted by Gasteiger charge is 2.51. The van der Waals surface area contributed by atoms with Crippen LogP contribution in [0.4, 0.5) is 0 Å². The average Bonchev–Trinajstić information content (AvgIpc) is 2.86. The zero-order chi connectivity index (χ0) is 18.0. The van der Waals surface area contributed by atoms with Crippen LogP contribution in [-0.4, -0.2) is 28.2 Å². The summed E-state index contributed by atoms with van der Waals surface area (Å²) in [5, 5.41) is 0. The molecule has 0 aromatic carbocycles. The fourth-order valence-electron chi connectivity index (χ4n) is 2.93. The SMILES string of the molecule is C[Si](C)(C)CCCC(=O)O[C@@]1(c2ccc(Br)s2)CCCCS1(=O)=O. The number of carbonyl (C=O) groups excluding carboxylic acids is 1. The summed E-state index contributed by atoms with van der Waals surface area (Å²) < 4.78 is 32.1. The molecule has 1 saturated heterocycles. The van der Waals surface area contributed by atoms with E-state index in [4.69, 9.17) is 4.74 Å². The van der Waals surface area contributed by atoms with E-state index < -0.39 is 28.8 Å². The summed E-state index contributed by atoms with van der Waals surface area (Å²) in [6, 6.07) is 4.60. The van der Waals surface area contributed by atoms with Gasteiger partial charge in [-0.3, -0.25) is 4.79 Å². The standard InChI is InChI=1S/C16H25BrO4S2Si/c1-24(2,3)12-6-7-15(18)21-16(13-8-9-14(17)22-13)10-4-5-11-23(16,19)20/h8-9H,4-7,10-12H2,1-3H3/t16-/m0/s1. The number of ether oxygens (including phenoxy) is 1. The smallest absolute Gasteiger partial charge is 0.307 e. The molecule has 0 unspecified atom stereocenters. The zero-order valence-electron chi connectivity index (χ0n) is 14.4. The first kappa shape index (κ1) is 20.1. The van der Waals surface area contributed by atoms with Gasteiger partial charge in [-0.1, -0.05) is 25.7 Å². The molecule has 1 atom stereocenters. The molecular formula is C16H25BrO4S2Si. The maximum atomic E-state index is 12.8. The molecule has 4 nitrogen and oxygen atoms in total. The maximum Gasteiger partial charge on any atom is 0.307 e. The molecule has 0 N–H and O–H groups in total. The largest absolute Gasteiger partial charge is 0.437 e. The summed E-state index contributed by atoms with van der Waals surface area (Å²) in [6.07, 6.45) is 2.77. The van der Waals surface area contributed by atoms with Crippen molar-refractivity contribution in [3.63, 3.8) is 0 Å². The van der Waals surface area contributed by atoms with Crippen molar-refractivity contribution in [2.75, 3.05) is 5.75 Å². The lowest BCUT2D eigenvalue weighted by Crippen LogP contribution is -2.44. The van der Waals surface area contributed by atoms with Crippen LogP contribution < -0.4 is 0 Å². The minimum Gasteiger partial charge on any atom is -0.437 e. The van der Waals surface area contributed by atoms with E-state index in [1.807, 2.05) is 6.07 Å². The minimum absolute atomic E-state index is 0.0741. The molecular weight excluding hydrogens is 428 g/mol. The van der Waals surface area contributed by atoms with Gasteiger partial charge in [0.25, 0.3) is 0 Å². The summed E-state index contributed by atoms with van der Waals surface area (Å²) in [6.45, 7) is 6.78. The summed E-state index contributed by atoms with van der Waals surface area (Å²) in [5.41, 5.74) is 0. The fraction of sp³-hybridized carbons (Fsp3) is 0.688. The Morgan fingerprint density at radius 1 is 1.33 bits per heavy atom. The second-order valence-corrected chi connectivity index (χ2v) is 17.9. The number of esters is 1. The molecule has 1 aliphatic heterocycles. The van der Waals surface area contributed by atoms with Crippen LogP contribution in [0.2, 0.25) is 25.7 Å². The summed E-state index contributed by atoms with van der Waals surface area (Å²) >= 11 is 4.71. The monoisotopic (exact) mass is 452 g/mol. The molecule has 0 radical (unpaired) electrons. The van der Waals surface area contributed by atoms with Crippen LogP contribution in [0.3, 0.4) is 0 Å². The van der Waals surface area contributed by atoms with E-state index in [2.05, 4.69) is 35.6 Å². The van der Waals surface area contributed by atoms with Crippen molar-refractivity contribution >= 4 is 51.1 Å². The molecule has 1 aromatic rings. The Morgan fingerprint density at radius 2 is 2.04 bits per heavy atom. The van der Waals surface area contributed by atoms with Crippen LogP contribution >= 0.6 is 27.3 Å². The van der Waals surface area contributed by atoms with Gasteiger partial charge in [-0.25, -0.2) is 8.42 Å². The summed E-state index contributed by atoms with van der Waals surface area (Å²) in [7, 11) is -4.73. The van der Waals surface area contributed by atoms with E-state index in [0.717, 1.165) is 22.7 Å². The van der Waals surface area contributed by atoms with Crippen molar-refractivity contribution in [2.24, 2.45) is 0 Å². The lowest BCUT2D eigenvalue weighted by molar-refractivity contribution is -0.153. The Labute approximate surface area is 158 Å². The number of thiophene rings is 1. The van der Waals surface area contributed by atoms with Gasteiger partial charge >= 0.3 is 5.97 Å². The Hall–Kier alpha value is -0.183. The molecule has 0 saturated carbocycles. The number of carbonyl (C=O) groups is 1. The van der Waals surface area contributed by atoms with Gasteiger partial charge in [0.05, 0.1) is 14.4 Å². The molecule has 0 bridgehead atoms. The molecule has 1 aliphatic rings. The summed E-state index contributed by atoms with van der Waals surface area (Å²) in [5.74, 6) is -0.326. The van der Waals surface area contributed by atoms with E-state index in [-0.39, 0.29) is 12.2 Å². The Bertz CT molecular complexity index is 693. The van der Waals surface area contributed by atoms with Crippen molar-refractivity contribution in [2.45, 2.75) is 62.7 Å². The Morgan fingerprint density at radius 3 is 2.58 bits per heavy atom. The third-order valence-electron chi connectivity index (χ3n) is 4.21. The van der Waals surface area contributed by atoms with Crippen molar-refractivity contribution in [3.8, 4) is 0 Å². The molecule has 2 heterocycles. The number of hydrogen-bond acceptors (Lipinski definition) is 5. The number of rotatable bonds is 6. The van der Waals surface area contributed by atoms with Crippen molar-refractivity contribution in [1.29, 1.82) is 0 Å². The van der Waals surface area contributed by atoms with Gasteiger partial charge in [0, 0.05) is 20.9 Å². The highest BCUT2D eigenvalue weighted by Crippen LogP contribution is 2.45. The van der Waals surface area contributed by atoms with Crippen LogP contribution in [0.15, 0.2) is 15.9 Å². The van der Waals surface area contributed by atoms with Gasteiger partial charge in [0.2, 0.25) is 4.93 Å². The second-order valence-electron chi connectivity index (χ2n) is 7.52. The zero-order valence-corrected chi connectivity index (χ0v) is 18.7. The first-order valence-corrected chi connectivity index (χ1v) is 15.2. The van der Waals surface area contributed by atoms with E-state index in [9.17, 15) is 13.2 Å². The van der Waals surface area contributed by atoms with Crippen LogP contribution in [-0.2, 0) is 24.3 Å². The highest BCUT2D eigenvalue weighted by molar-refractivity contribution is 9.11. The Kier molecular flexibility index (Phi) is 6.37. The predicted molar refractivity (Wildman–Crippen MR) is 105 cm³/mol. The van der Waals surface area contributed by atoms with Gasteiger partial charge < -0.3 is 4.74 Å². The van der Waals surface area contributed by atoms with Gasteiger partial charge in [-0.2, -0.15) is 0 Å². The first-order valence-electron chi connectivity index (χ1n) is 8.26. The lowest BCUT2D eigenvalue weighted by Gasteiger charge is -2.35. The third-order valence-corrected chi connectivity index (χ3v) is 10.3. The van der Waals surface area contributed by atoms with Crippen molar-refractivity contribution in [3.05, 3.63) is 20.8 Å². The minimum atomic E-state index is -3.52. The average molecular weight is 453 g/mol. The molecule has 0 spiro atoms. The summed E-state index contributed by atoms with van der Waals surface area (Å²) in [4.78, 5) is 11.5. The van der Waals surface area contributed by atoms with Crippen molar-refractivity contribution in [1.82, 2.24) is 0 Å². The number of hydrogen-bond donors (Lipinski definition) is 0. The molecule has 0 aliphatic carbocycles. The first-order chi connectivity index (χ1) is 11.1. The molecule has 2 rings (SSSR count). The predicted octanol–water partition coefficient (Wildman–Crippen LogP) is 4.92. The van der Waals surface area contributed by atoms with E-state index in [0.29, 0.717) is 17.7 Å². The Balaban J connectivity index is 2.20. The van der Waals surface area contributed by atoms with Gasteiger partial charge in [-0.15, -0.1) is 11.3 Å². The topological polar surface area (TPSA) is 60.4 Å². The number of halogens is 1. The van der Waals surface area contributed by atoms with E-state index >= 15 is 0 Å². The highest BCUT2D eigenvalue weighted by atomic mass is 79.9. The van der Waals surface area contributed by atoms with Gasteiger partial charge in [0.1, 0.15) is 0 Å². The normalized spacial score (nSPS) is 23.8. The lowest BCUT2D eigenvalue weighted by atomic mass is 10.1. The van der Waals surface area contributed by atoms with Crippen LogP contribution in [0.25, 0.3) is 0 Å². The third kappa shape index (κ3) is 4.71. The van der Waals surface area contributed by atoms with E-state index in [1.54, 1.807) is 6.07 Å². The fourth-order valence-corrected chi connectivity index (χ4v) is 8.07. The molecule has 0 amide bonds. The maximum absolute atomic E-state index is 12.8. The molecule has 136 valence electrons. The van der Waals surface area contributed by atoms with Gasteiger partial charge in [0.15, 0.2) is 9.84 Å². The van der Waals surface area contributed by atoms with Crippen LogP contribution in [0, 0.1) is 0 Å².